The summed E-state index contributed by atoms with van der Waals surface area (Å²) in [7, 11) is 0. The van der Waals surface area contributed by atoms with E-state index < -0.39 is 12.1 Å². The predicted molar refractivity (Wildman–Crippen MR) is 333 cm³/mol. The first-order chi connectivity index (χ1) is 37.5. The summed E-state index contributed by atoms with van der Waals surface area (Å²) in [6, 6.07) is -0.627. The molecule has 0 aliphatic rings. The van der Waals surface area contributed by atoms with Gasteiger partial charge in [-0.15, -0.1) is 0 Å². The zero-order valence-corrected chi connectivity index (χ0v) is 51.3. The van der Waals surface area contributed by atoms with E-state index in [9.17, 15) is 19.8 Å². The molecule has 0 aromatic rings. The minimum atomic E-state index is -0.843. The van der Waals surface area contributed by atoms with Gasteiger partial charge in [-0.25, -0.2) is 0 Å². The minimum absolute atomic E-state index is 0.0160. The molecule has 0 saturated heterocycles. The number of rotatable bonds is 64. The normalized spacial score (nSPS) is 12.7. The van der Waals surface area contributed by atoms with Gasteiger partial charge < -0.3 is 20.3 Å². The number of amides is 1. The lowest BCUT2D eigenvalue weighted by molar-refractivity contribution is -0.143. The van der Waals surface area contributed by atoms with E-state index in [0.717, 1.165) is 44.9 Å². The summed E-state index contributed by atoms with van der Waals surface area (Å²) >= 11 is 0. The average Bonchev–Trinajstić information content (AvgIpc) is 3.42. The molecule has 0 radical (unpaired) electrons. The Hall–Kier alpha value is -1.92. The Kier molecular flexibility index (Phi) is 63.9. The molecule has 0 aromatic heterocycles. The van der Waals surface area contributed by atoms with Crippen LogP contribution in [0, 0.1) is 0 Å². The number of carbonyl (C=O) groups is 2. The third-order valence-electron chi connectivity index (χ3n) is 15.9. The lowest BCUT2D eigenvalue weighted by atomic mass is 10.0. The number of hydrogen-bond donors (Lipinski definition) is 3. The fourth-order valence-electron chi connectivity index (χ4n) is 10.7. The molecule has 448 valence electrons. The highest BCUT2D eigenvalue weighted by molar-refractivity contribution is 5.76. The van der Waals surface area contributed by atoms with Crippen molar-refractivity contribution in [3.63, 3.8) is 0 Å². The van der Waals surface area contributed by atoms with Crippen LogP contribution in [0.25, 0.3) is 0 Å². The number of aliphatic hydroxyl groups is 2. The maximum atomic E-state index is 12.5. The standard InChI is InChI=1S/C70H133NO5/c1-3-5-7-9-11-13-15-17-35-40-44-48-52-56-60-64-70(75)76-65-61-57-53-49-45-41-37-34-32-30-28-26-24-22-20-18-19-21-23-25-27-29-31-33-36-39-43-47-51-55-59-63-69(74)71-67(66-72)68(73)62-58-54-50-46-42-38-16-14-12-10-8-6-4-2/h20,22,26,28,58,62,67-68,72-73H,3-19,21,23-25,27,29-57,59-61,63-66H2,1-2H3,(H,71,74)/b22-20-,28-26-,62-58+. The molecule has 0 bridgehead atoms. The predicted octanol–water partition coefficient (Wildman–Crippen LogP) is 21.9. The van der Waals surface area contributed by atoms with Crippen LogP contribution in [0.4, 0.5) is 0 Å². The van der Waals surface area contributed by atoms with E-state index in [0.29, 0.717) is 19.4 Å². The molecule has 2 atom stereocenters. The van der Waals surface area contributed by atoms with Crippen LogP contribution in [0.3, 0.4) is 0 Å². The third kappa shape index (κ3) is 61.3. The number of allylic oxidation sites excluding steroid dienone is 5. The topological polar surface area (TPSA) is 95.9 Å². The van der Waals surface area contributed by atoms with Gasteiger partial charge in [0.25, 0.3) is 0 Å². The molecular weight excluding hydrogens is 935 g/mol. The van der Waals surface area contributed by atoms with Gasteiger partial charge in [0.05, 0.1) is 25.4 Å². The van der Waals surface area contributed by atoms with Gasteiger partial charge in [0.15, 0.2) is 0 Å². The molecule has 0 saturated carbocycles. The van der Waals surface area contributed by atoms with E-state index >= 15 is 0 Å². The van der Waals surface area contributed by atoms with Crippen LogP contribution in [-0.2, 0) is 14.3 Å². The Morgan fingerprint density at radius 3 is 1.00 bits per heavy atom. The highest BCUT2D eigenvalue weighted by Crippen LogP contribution is 2.18. The van der Waals surface area contributed by atoms with Crippen LogP contribution in [-0.4, -0.2) is 47.4 Å². The zero-order chi connectivity index (χ0) is 55.0. The summed E-state index contributed by atoms with van der Waals surface area (Å²) in [6.07, 6.45) is 83.6. The van der Waals surface area contributed by atoms with Gasteiger partial charge in [-0.05, 0) is 64.2 Å². The summed E-state index contributed by atoms with van der Waals surface area (Å²) in [5.74, 6) is -0.0503. The maximum Gasteiger partial charge on any atom is 0.305 e. The number of ether oxygens (including phenoxy) is 1. The Balaban J connectivity index is 3.39. The number of nitrogens with one attached hydrogen (secondary N) is 1. The second-order valence-corrected chi connectivity index (χ2v) is 23.5. The number of hydrogen-bond acceptors (Lipinski definition) is 5. The van der Waals surface area contributed by atoms with E-state index in [1.807, 2.05) is 6.08 Å². The second kappa shape index (κ2) is 65.6. The fraction of sp³-hybridized carbons (Fsp3) is 0.886. The van der Waals surface area contributed by atoms with Crippen molar-refractivity contribution in [1.82, 2.24) is 5.32 Å². The average molecular weight is 1070 g/mol. The zero-order valence-electron chi connectivity index (χ0n) is 51.3. The lowest BCUT2D eigenvalue weighted by Gasteiger charge is -2.20. The minimum Gasteiger partial charge on any atom is -0.466 e. The molecule has 0 heterocycles. The van der Waals surface area contributed by atoms with Gasteiger partial charge in [-0.1, -0.05) is 333 Å². The first-order valence-corrected chi connectivity index (χ1v) is 34.3. The Morgan fingerprint density at radius 2 is 0.658 bits per heavy atom. The summed E-state index contributed by atoms with van der Waals surface area (Å²) in [6.45, 7) is 4.92. The van der Waals surface area contributed by atoms with Crippen molar-refractivity contribution in [2.24, 2.45) is 0 Å². The smallest absolute Gasteiger partial charge is 0.305 e. The van der Waals surface area contributed by atoms with E-state index in [1.165, 1.54) is 302 Å². The van der Waals surface area contributed by atoms with Crippen LogP contribution in [0.5, 0.6) is 0 Å². The van der Waals surface area contributed by atoms with Crippen LogP contribution in [0.15, 0.2) is 36.5 Å². The molecule has 0 aromatic carbocycles. The van der Waals surface area contributed by atoms with Gasteiger partial charge in [0.1, 0.15) is 0 Å². The third-order valence-corrected chi connectivity index (χ3v) is 15.9. The summed E-state index contributed by atoms with van der Waals surface area (Å²) in [5.41, 5.74) is 0. The number of carbonyl (C=O) groups excluding carboxylic acids is 2. The van der Waals surface area contributed by atoms with E-state index in [-0.39, 0.29) is 18.5 Å². The van der Waals surface area contributed by atoms with Crippen molar-refractivity contribution in [3.05, 3.63) is 36.5 Å². The summed E-state index contributed by atoms with van der Waals surface area (Å²) < 4.78 is 5.49. The molecular formula is C70H133NO5. The van der Waals surface area contributed by atoms with E-state index in [1.54, 1.807) is 6.08 Å². The van der Waals surface area contributed by atoms with Crippen molar-refractivity contribution in [2.45, 2.75) is 386 Å². The Labute approximate surface area is 474 Å². The molecule has 6 heteroatoms. The number of aliphatic hydroxyl groups excluding tert-OH is 2. The largest absolute Gasteiger partial charge is 0.466 e. The van der Waals surface area contributed by atoms with Gasteiger partial charge in [-0.2, -0.15) is 0 Å². The van der Waals surface area contributed by atoms with Crippen molar-refractivity contribution >= 4 is 11.9 Å². The van der Waals surface area contributed by atoms with Crippen LogP contribution < -0.4 is 5.32 Å². The number of esters is 1. The highest BCUT2D eigenvalue weighted by atomic mass is 16.5. The highest BCUT2D eigenvalue weighted by Gasteiger charge is 2.18. The molecule has 0 rings (SSSR count). The van der Waals surface area contributed by atoms with Crippen molar-refractivity contribution in [1.29, 1.82) is 0 Å². The van der Waals surface area contributed by atoms with Crippen LogP contribution in [0.2, 0.25) is 0 Å². The molecule has 0 aliphatic carbocycles. The maximum absolute atomic E-state index is 12.5. The fourth-order valence-corrected chi connectivity index (χ4v) is 10.7. The van der Waals surface area contributed by atoms with Gasteiger partial charge in [-0.3, -0.25) is 9.59 Å². The van der Waals surface area contributed by atoms with Gasteiger partial charge in [0, 0.05) is 12.8 Å². The summed E-state index contributed by atoms with van der Waals surface area (Å²) in [5, 5.41) is 23.1. The van der Waals surface area contributed by atoms with Crippen LogP contribution >= 0.6 is 0 Å². The molecule has 0 spiro atoms. The molecule has 3 N–H and O–H groups in total. The van der Waals surface area contributed by atoms with Crippen molar-refractivity contribution in [2.75, 3.05) is 13.2 Å². The lowest BCUT2D eigenvalue weighted by Crippen LogP contribution is -2.45. The van der Waals surface area contributed by atoms with Gasteiger partial charge in [0.2, 0.25) is 5.91 Å². The molecule has 1 amide bonds. The van der Waals surface area contributed by atoms with Crippen molar-refractivity contribution < 1.29 is 24.5 Å². The SMILES string of the molecule is CCCCCCCCCCCCC/C=C/C(O)C(CO)NC(=O)CCCCCCCCCCCCCCCCC/C=C\C/C=C\CCCCCCCCCCCOC(=O)CCCCCCCCCCCCCCCCC. The number of unbranched alkanes of at least 4 members (excludes halogenated alkanes) is 49. The van der Waals surface area contributed by atoms with Crippen LogP contribution in [0.1, 0.15) is 373 Å². The molecule has 2 unspecified atom stereocenters. The molecule has 6 nitrogen and oxygen atoms in total. The van der Waals surface area contributed by atoms with Crippen molar-refractivity contribution in [3.8, 4) is 0 Å². The monoisotopic (exact) mass is 1070 g/mol. The second-order valence-electron chi connectivity index (χ2n) is 23.5. The molecule has 0 aliphatic heterocycles. The summed E-state index contributed by atoms with van der Waals surface area (Å²) in [4.78, 5) is 24.5. The first kappa shape index (κ1) is 74.1. The van der Waals surface area contributed by atoms with Gasteiger partial charge >= 0.3 is 5.97 Å². The Bertz CT molecular complexity index is 1230. The molecule has 0 fully saturated rings. The quantitative estimate of drug-likeness (QED) is 0.0320. The van der Waals surface area contributed by atoms with E-state index in [2.05, 4.69) is 43.5 Å². The van der Waals surface area contributed by atoms with E-state index in [4.69, 9.17) is 4.74 Å². The molecule has 76 heavy (non-hydrogen) atoms. The Morgan fingerprint density at radius 1 is 0.368 bits per heavy atom. The first-order valence-electron chi connectivity index (χ1n) is 34.3.